The summed E-state index contributed by atoms with van der Waals surface area (Å²) in [5, 5.41) is 3.83. The first-order valence-corrected chi connectivity index (χ1v) is 7.74. The maximum Gasteiger partial charge on any atom is 0.0296 e. The van der Waals surface area contributed by atoms with E-state index < -0.39 is 0 Å². The summed E-state index contributed by atoms with van der Waals surface area (Å²) in [6.45, 7) is 10.5. The quantitative estimate of drug-likeness (QED) is 0.891. The van der Waals surface area contributed by atoms with Gasteiger partial charge in [-0.2, -0.15) is 0 Å². The summed E-state index contributed by atoms with van der Waals surface area (Å²) in [6, 6.07) is 9.86. The fourth-order valence-corrected chi connectivity index (χ4v) is 3.15. The largest absolute Gasteiger partial charge is 0.307 e. The van der Waals surface area contributed by atoms with Gasteiger partial charge in [0.15, 0.2) is 0 Å². The number of likely N-dealkylation sites (tertiary alicyclic amines) is 1. The Morgan fingerprint density at radius 2 is 2.05 bits per heavy atom. The van der Waals surface area contributed by atoms with Crippen molar-refractivity contribution in [2.75, 3.05) is 19.6 Å². The summed E-state index contributed by atoms with van der Waals surface area (Å²) in [5.74, 6) is 0. The lowest BCUT2D eigenvalue weighted by Gasteiger charge is -2.24. The standard InChI is InChI=1S/C17H28N2/c1-4-19-12-7-9-16(11-13-19)18-15(3)17-10-6-5-8-14(17)2/h5-6,8,10,15-16,18H,4,7,9,11-13H2,1-3H3. The molecule has 0 amide bonds. The van der Waals surface area contributed by atoms with Crippen LogP contribution < -0.4 is 5.32 Å². The molecule has 1 fully saturated rings. The van der Waals surface area contributed by atoms with Crippen LogP contribution in [0.15, 0.2) is 24.3 Å². The summed E-state index contributed by atoms with van der Waals surface area (Å²) in [5.41, 5.74) is 2.84. The van der Waals surface area contributed by atoms with Gasteiger partial charge in [0.25, 0.3) is 0 Å². The summed E-state index contributed by atoms with van der Waals surface area (Å²) < 4.78 is 0. The molecule has 0 aromatic heterocycles. The highest BCUT2D eigenvalue weighted by atomic mass is 15.1. The average molecular weight is 260 g/mol. The number of nitrogens with zero attached hydrogens (tertiary/aromatic N) is 1. The second-order valence-electron chi connectivity index (χ2n) is 5.81. The SMILES string of the molecule is CCN1CCCC(NC(C)c2ccccc2C)CC1. The van der Waals surface area contributed by atoms with Gasteiger partial charge >= 0.3 is 0 Å². The van der Waals surface area contributed by atoms with Crippen molar-refractivity contribution in [2.45, 2.75) is 52.1 Å². The van der Waals surface area contributed by atoms with Gasteiger partial charge in [0, 0.05) is 12.1 Å². The molecule has 2 atom stereocenters. The van der Waals surface area contributed by atoms with Gasteiger partial charge in [0.1, 0.15) is 0 Å². The Balaban J connectivity index is 1.92. The van der Waals surface area contributed by atoms with Gasteiger partial charge in [0.05, 0.1) is 0 Å². The molecule has 0 aliphatic carbocycles. The summed E-state index contributed by atoms with van der Waals surface area (Å²) in [4.78, 5) is 2.57. The Kier molecular flexibility index (Phi) is 5.41. The molecule has 1 aliphatic heterocycles. The fraction of sp³-hybridized carbons (Fsp3) is 0.647. The molecule has 2 nitrogen and oxygen atoms in total. The summed E-state index contributed by atoms with van der Waals surface area (Å²) in [6.07, 6.45) is 3.92. The molecule has 1 saturated heterocycles. The van der Waals surface area contributed by atoms with Crippen LogP contribution in [0, 0.1) is 6.92 Å². The van der Waals surface area contributed by atoms with Crippen LogP contribution in [0.25, 0.3) is 0 Å². The lowest BCUT2D eigenvalue weighted by Crippen LogP contribution is -2.33. The van der Waals surface area contributed by atoms with Crippen LogP contribution in [0.4, 0.5) is 0 Å². The third-order valence-electron chi connectivity index (χ3n) is 4.41. The van der Waals surface area contributed by atoms with E-state index in [4.69, 9.17) is 0 Å². The minimum atomic E-state index is 0.458. The number of benzene rings is 1. The Bertz CT molecular complexity index is 389. The molecule has 106 valence electrons. The maximum absolute atomic E-state index is 3.83. The number of hydrogen-bond donors (Lipinski definition) is 1. The van der Waals surface area contributed by atoms with Gasteiger partial charge in [-0.05, 0) is 63.9 Å². The Morgan fingerprint density at radius 3 is 2.79 bits per heavy atom. The highest BCUT2D eigenvalue weighted by Crippen LogP contribution is 2.20. The second-order valence-corrected chi connectivity index (χ2v) is 5.81. The van der Waals surface area contributed by atoms with Crippen LogP contribution in [0.2, 0.25) is 0 Å². The third-order valence-corrected chi connectivity index (χ3v) is 4.41. The van der Waals surface area contributed by atoms with E-state index in [2.05, 4.69) is 55.3 Å². The van der Waals surface area contributed by atoms with E-state index in [1.54, 1.807) is 0 Å². The molecule has 0 saturated carbocycles. The molecule has 1 aromatic rings. The van der Waals surface area contributed by atoms with Crippen molar-refractivity contribution in [1.82, 2.24) is 10.2 Å². The highest BCUT2D eigenvalue weighted by molar-refractivity contribution is 5.28. The highest BCUT2D eigenvalue weighted by Gasteiger charge is 2.18. The van der Waals surface area contributed by atoms with E-state index in [1.165, 1.54) is 50.0 Å². The molecular weight excluding hydrogens is 232 g/mol. The van der Waals surface area contributed by atoms with Gasteiger partial charge in [-0.15, -0.1) is 0 Å². The van der Waals surface area contributed by atoms with Gasteiger partial charge in [0.2, 0.25) is 0 Å². The van der Waals surface area contributed by atoms with Crippen LogP contribution in [0.5, 0.6) is 0 Å². The van der Waals surface area contributed by atoms with Crippen molar-refractivity contribution in [3.8, 4) is 0 Å². The number of nitrogens with one attached hydrogen (secondary N) is 1. The lowest BCUT2D eigenvalue weighted by atomic mass is 10.0. The molecule has 1 heterocycles. The zero-order valence-electron chi connectivity index (χ0n) is 12.7. The first-order chi connectivity index (χ1) is 9.20. The van der Waals surface area contributed by atoms with Crippen LogP contribution in [-0.2, 0) is 0 Å². The van der Waals surface area contributed by atoms with E-state index in [-0.39, 0.29) is 0 Å². The zero-order chi connectivity index (χ0) is 13.7. The van der Waals surface area contributed by atoms with Gasteiger partial charge in [-0.1, -0.05) is 31.2 Å². The minimum Gasteiger partial charge on any atom is -0.307 e. The smallest absolute Gasteiger partial charge is 0.0296 e. The Hall–Kier alpha value is -0.860. The molecule has 0 radical (unpaired) electrons. The summed E-state index contributed by atoms with van der Waals surface area (Å²) >= 11 is 0. The van der Waals surface area contributed by atoms with Gasteiger partial charge in [-0.3, -0.25) is 0 Å². The van der Waals surface area contributed by atoms with Gasteiger partial charge in [-0.25, -0.2) is 0 Å². The molecule has 2 rings (SSSR count). The van der Waals surface area contributed by atoms with Crippen LogP contribution in [0.3, 0.4) is 0 Å². The number of aryl methyl sites for hydroxylation is 1. The second kappa shape index (κ2) is 7.06. The monoisotopic (exact) mass is 260 g/mol. The molecule has 0 bridgehead atoms. The predicted octanol–water partition coefficient (Wildman–Crippen LogP) is 3.52. The van der Waals surface area contributed by atoms with Crippen LogP contribution in [0.1, 0.15) is 50.3 Å². The first-order valence-electron chi connectivity index (χ1n) is 7.74. The summed E-state index contributed by atoms with van der Waals surface area (Å²) in [7, 11) is 0. The third kappa shape index (κ3) is 4.05. The minimum absolute atomic E-state index is 0.458. The fourth-order valence-electron chi connectivity index (χ4n) is 3.15. The molecule has 2 heteroatoms. The van der Waals surface area contributed by atoms with E-state index in [9.17, 15) is 0 Å². The van der Waals surface area contributed by atoms with Crippen molar-refractivity contribution >= 4 is 0 Å². The maximum atomic E-state index is 3.83. The molecular formula is C17H28N2. The van der Waals surface area contributed by atoms with Crippen molar-refractivity contribution in [3.05, 3.63) is 35.4 Å². The van der Waals surface area contributed by atoms with Crippen molar-refractivity contribution in [1.29, 1.82) is 0 Å². The molecule has 1 N–H and O–H groups in total. The zero-order valence-corrected chi connectivity index (χ0v) is 12.7. The van der Waals surface area contributed by atoms with E-state index in [0.717, 1.165) is 0 Å². The molecule has 19 heavy (non-hydrogen) atoms. The van der Waals surface area contributed by atoms with Gasteiger partial charge < -0.3 is 10.2 Å². The van der Waals surface area contributed by atoms with Crippen molar-refractivity contribution in [3.63, 3.8) is 0 Å². The molecule has 1 aromatic carbocycles. The number of rotatable bonds is 4. The molecule has 2 unspecified atom stereocenters. The van der Waals surface area contributed by atoms with Crippen LogP contribution >= 0.6 is 0 Å². The predicted molar refractivity (Wildman–Crippen MR) is 82.5 cm³/mol. The Morgan fingerprint density at radius 1 is 1.26 bits per heavy atom. The van der Waals surface area contributed by atoms with Crippen molar-refractivity contribution < 1.29 is 0 Å². The Labute approximate surface area is 118 Å². The first kappa shape index (κ1) is 14.5. The topological polar surface area (TPSA) is 15.3 Å². The van der Waals surface area contributed by atoms with Crippen LogP contribution in [-0.4, -0.2) is 30.6 Å². The van der Waals surface area contributed by atoms with Crippen molar-refractivity contribution in [2.24, 2.45) is 0 Å². The van der Waals surface area contributed by atoms with E-state index in [1.807, 2.05) is 0 Å². The van der Waals surface area contributed by atoms with E-state index in [0.29, 0.717) is 12.1 Å². The normalized spacial score (nSPS) is 23.0. The lowest BCUT2D eigenvalue weighted by molar-refractivity contribution is 0.295. The molecule has 1 aliphatic rings. The number of hydrogen-bond acceptors (Lipinski definition) is 2. The van der Waals surface area contributed by atoms with E-state index >= 15 is 0 Å². The average Bonchev–Trinajstić information content (AvgIpc) is 2.64. The molecule has 0 spiro atoms.